The first-order chi connectivity index (χ1) is 7.56. The van der Waals surface area contributed by atoms with Gasteiger partial charge in [0, 0.05) is 5.54 Å². The van der Waals surface area contributed by atoms with E-state index in [9.17, 15) is 9.59 Å². The summed E-state index contributed by atoms with van der Waals surface area (Å²) in [5.74, 6) is -0.408. The second-order valence-corrected chi connectivity index (χ2v) is 4.38. The van der Waals surface area contributed by atoms with Gasteiger partial charge in [0.25, 0.3) is 0 Å². The maximum atomic E-state index is 11.5. The number of ether oxygens (including phenoxy) is 1. The highest BCUT2D eigenvalue weighted by Gasteiger charge is 2.30. The Bertz CT molecular complexity index is 260. The van der Waals surface area contributed by atoms with Crippen molar-refractivity contribution in [3.8, 4) is 0 Å². The SMILES string of the molecule is CCOC(=O)CNC(=O)NC1(C)CCCC1. The number of hydrogen-bond donors (Lipinski definition) is 2. The number of nitrogens with one attached hydrogen (secondary N) is 2. The number of rotatable bonds is 4. The van der Waals surface area contributed by atoms with E-state index in [-0.39, 0.29) is 18.1 Å². The van der Waals surface area contributed by atoms with Crippen molar-refractivity contribution in [1.29, 1.82) is 0 Å². The molecule has 0 unspecified atom stereocenters. The van der Waals surface area contributed by atoms with E-state index in [4.69, 9.17) is 4.74 Å². The Hall–Kier alpha value is -1.26. The number of esters is 1. The van der Waals surface area contributed by atoms with Crippen LogP contribution in [0.1, 0.15) is 39.5 Å². The lowest BCUT2D eigenvalue weighted by molar-refractivity contribution is -0.141. The maximum Gasteiger partial charge on any atom is 0.325 e. The molecule has 1 aliphatic carbocycles. The molecule has 0 saturated heterocycles. The molecule has 0 bridgehead atoms. The van der Waals surface area contributed by atoms with Crippen LogP contribution in [-0.4, -0.2) is 30.7 Å². The molecular formula is C11H20N2O3. The Morgan fingerprint density at radius 2 is 1.94 bits per heavy atom. The van der Waals surface area contributed by atoms with Crippen molar-refractivity contribution in [2.75, 3.05) is 13.2 Å². The van der Waals surface area contributed by atoms with Crippen LogP contribution in [0.15, 0.2) is 0 Å². The van der Waals surface area contributed by atoms with Crippen LogP contribution in [0.5, 0.6) is 0 Å². The van der Waals surface area contributed by atoms with Crippen molar-refractivity contribution in [2.24, 2.45) is 0 Å². The van der Waals surface area contributed by atoms with E-state index in [1.807, 2.05) is 6.92 Å². The highest BCUT2D eigenvalue weighted by molar-refractivity contribution is 5.81. The van der Waals surface area contributed by atoms with Crippen molar-refractivity contribution in [3.05, 3.63) is 0 Å². The Labute approximate surface area is 95.9 Å². The monoisotopic (exact) mass is 228 g/mol. The van der Waals surface area contributed by atoms with Crippen LogP contribution in [0, 0.1) is 0 Å². The Morgan fingerprint density at radius 1 is 1.31 bits per heavy atom. The minimum atomic E-state index is -0.408. The highest BCUT2D eigenvalue weighted by Crippen LogP contribution is 2.28. The van der Waals surface area contributed by atoms with Crippen LogP contribution in [0.4, 0.5) is 4.79 Å². The van der Waals surface area contributed by atoms with Gasteiger partial charge < -0.3 is 15.4 Å². The van der Waals surface area contributed by atoms with Crippen LogP contribution in [-0.2, 0) is 9.53 Å². The quantitative estimate of drug-likeness (QED) is 0.710. The molecule has 0 radical (unpaired) electrons. The first-order valence-electron chi connectivity index (χ1n) is 5.77. The molecule has 16 heavy (non-hydrogen) atoms. The molecule has 0 aromatic rings. The summed E-state index contributed by atoms with van der Waals surface area (Å²) in [6.45, 7) is 4.02. The Morgan fingerprint density at radius 3 is 2.50 bits per heavy atom. The third-order valence-electron chi connectivity index (χ3n) is 2.82. The van der Waals surface area contributed by atoms with E-state index in [0.29, 0.717) is 6.61 Å². The van der Waals surface area contributed by atoms with Crippen LogP contribution >= 0.6 is 0 Å². The molecule has 5 heteroatoms. The van der Waals surface area contributed by atoms with Crippen LogP contribution in [0.3, 0.4) is 0 Å². The Kier molecular flexibility index (Phi) is 4.58. The summed E-state index contributed by atoms with van der Waals surface area (Å²) in [6.07, 6.45) is 4.29. The van der Waals surface area contributed by atoms with Crippen molar-refractivity contribution >= 4 is 12.0 Å². The zero-order chi connectivity index (χ0) is 12.0. The molecule has 2 amide bonds. The van der Waals surface area contributed by atoms with Gasteiger partial charge in [0.15, 0.2) is 0 Å². The van der Waals surface area contributed by atoms with Crippen LogP contribution < -0.4 is 10.6 Å². The van der Waals surface area contributed by atoms with E-state index in [0.717, 1.165) is 25.7 Å². The lowest BCUT2D eigenvalue weighted by Gasteiger charge is -2.25. The molecule has 0 spiro atoms. The average Bonchev–Trinajstić information content (AvgIpc) is 2.62. The molecular weight excluding hydrogens is 208 g/mol. The zero-order valence-electron chi connectivity index (χ0n) is 9.97. The van der Waals surface area contributed by atoms with E-state index in [2.05, 4.69) is 10.6 Å². The minimum absolute atomic E-state index is 0.0737. The van der Waals surface area contributed by atoms with Crippen molar-refractivity contribution in [1.82, 2.24) is 10.6 Å². The number of hydrogen-bond acceptors (Lipinski definition) is 3. The maximum absolute atomic E-state index is 11.5. The van der Waals surface area contributed by atoms with Crippen LogP contribution in [0.2, 0.25) is 0 Å². The first-order valence-corrected chi connectivity index (χ1v) is 5.77. The number of carbonyl (C=O) groups is 2. The molecule has 0 aromatic heterocycles. The summed E-state index contributed by atoms with van der Waals surface area (Å²) < 4.78 is 4.71. The zero-order valence-corrected chi connectivity index (χ0v) is 9.97. The number of amides is 2. The van der Waals surface area contributed by atoms with Crippen LogP contribution in [0.25, 0.3) is 0 Å². The van der Waals surface area contributed by atoms with Gasteiger partial charge in [-0.15, -0.1) is 0 Å². The molecule has 0 heterocycles. The summed E-state index contributed by atoms with van der Waals surface area (Å²) in [5, 5.41) is 5.39. The first kappa shape index (κ1) is 12.8. The smallest absolute Gasteiger partial charge is 0.325 e. The van der Waals surface area contributed by atoms with Gasteiger partial charge in [-0.05, 0) is 26.7 Å². The molecule has 0 aliphatic heterocycles. The summed E-state index contributed by atoms with van der Waals surface area (Å²) in [6, 6.07) is -0.294. The van der Waals surface area contributed by atoms with Gasteiger partial charge >= 0.3 is 12.0 Å². The highest BCUT2D eigenvalue weighted by atomic mass is 16.5. The van der Waals surface area contributed by atoms with Gasteiger partial charge in [-0.1, -0.05) is 12.8 Å². The van der Waals surface area contributed by atoms with E-state index in [1.165, 1.54) is 0 Å². The average molecular weight is 228 g/mol. The van der Waals surface area contributed by atoms with Gasteiger partial charge in [-0.3, -0.25) is 4.79 Å². The van der Waals surface area contributed by atoms with Gasteiger partial charge in [-0.2, -0.15) is 0 Å². The van der Waals surface area contributed by atoms with Crippen molar-refractivity contribution in [2.45, 2.75) is 45.1 Å². The Balaban J connectivity index is 2.22. The normalized spacial score (nSPS) is 17.9. The molecule has 92 valence electrons. The summed E-state index contributed by atoms with van der Waals surface area (Å²) in [4.78, 5) is 22.5. The second-order valence-electron chi connectivity index (χ2n) is 4.38. The van der Waals surface area contributed by atoms with Gasteiger partial charge in [0.05, 0.1) is 6.61 Å². The van der Waals surface area contributed by atoms with Gasteiger partial charge in [0.2, 0.25) is 0 Å². The van der Waals surface area contributed by atoms with Crippen molar-refractivity contribution in [3.63, 3.8) is 0 Å². The van der Waals surface area contributed by atoms with E-state index in [1.54, 1.807) is 6.92 Å². The second kappa shape index (κ2) is 5.72. The molecule has 0 aromatic carbocycles. The molecule has 1 fully saturated rings. The largest absolute Gasteiger partial charge is 0.465 e. The number of urea groups is 1. The van der Waals surface area contributed by atoms with E-state index < -0.39 is 5.97 Å². The third kappa shape index (κ3) is 4.08. The molecule has 5 nitrogen and oxygen atoms in total. The predicted molar refractivity (Wildman–Crippen MR) is 60.0 cm³/mol. The summed E-state index contributed by atoms with van der Waals surface area (Å²) in [5.41, 5.74) is -0.112. The molecule has 1 aliphatic rings. The minimum Gasteiger partial charge on any atom is -0.465 e. The molecule has 1 rings (SSSR count). The third-order valence-corrected chi connectivity index (χ3v) is 2.82. The summed E-state index contributed by atoms with van der Waals surface area (Å²) in [7, 11) is 0. The predicted octanol–water partition coefficient (Wildman–Crippen LogP) is 1.18. The standard InChI is InChI=1S/C11H20N2O3/c1-3-16-9(14)8-12-10(15)13-11(2)6-4-5-7-11/h3-8H2,1-2H3,(H2,12,13,15). The summed E-state index contributed by atoms with van der Waals surface area (Å²) >= 11 is 0. The molecule has 0 atom stereocenters. The molecule has 2 N–H and O–H groups in total. The lowest BCUT2D eigenvalue weighted by atomic mass is 10.0. The van der Waals surface area contributed by atoms with Gasteiger partial charge in [0.1, 0.15) is 6.54 Å². The fourth-order valence-corrected chi connectivity index (χ4v) is 1.96. The van der Waals surface area contributed by atoms with Gasteiger partial charge in [-0.25, -0.2) is 4.79 Å². The fraction of sp³-hybridized carbons (Fsp3) is 0.818. The topological polar surface area (TPSA) is 67.4 Å². The molecule has 1 saturated carbocycles. The lowest BCUT2D eigenvalue weighted by Crippen LogP contribution is -2.49. The number of carbonyl (C=O) groups excluding carboxylic acids is 2. The van der Waals surface area contributed by atoms with E-state index >= 15 is 0 Å². The van der Waals surface area contributed by atoms with Crippen molar-refractivity contribution < 1.29 is 14.3 Å². The fourth-order valence-electron chi connectivity index (χ4n) is 1.96.